The number of carbonyl (C=O) groups excluding carboxylic acids is 1. The van der Waals surface area contributed by atoms with Crippen LogP contribution in [0.25, 0.3) is 44.3 Å². The van der Waals surface area contributed by atoms with E-state index in [-0.39, 0.29) is 42.7 Å². The van der Waals surface area contributed by atoms with Gasteiger partial charge in [-0.15, -0.1) is 0 Å². The molecule has 71 heavy (non-hydrogen) atoms. The largest absolute Gasteiger partial charge is 0.497 e. The first kappa shape index (κ1) is 50.6. The number of aliphatic hydroxyl groups excluding tert-OH is 2. The fourth-order valence-electron chi connectivity index (χ4n) is 7.67. The molecule has 8 heterocycles. The second-order valence-electron chi connectivity index (χ2n) is 15.9. The standard InChI is InChI=1S/C21H21N5O3.C16H14ClN3O2.C13H12N4O2.CH4/c1-14-9-17(29-2)4-3-15(14)11-25-13-23-20-18(21(25)28)5-6-22-19(20)16-10-24-26(12-16)7-8-27;1-10-7-12(22-2)4-3-11(10)8-20-9-19-14-13(16(20)21)5-6-18-15(14)17;18-6-5-17-8-9(7-16-17)12-13-10(1-3-14-12)11(19)2-4-15-13;/h3-6,9-10,12-13,27H,7-8,11H2,1-2H3;3-7,9H,8H2,1-2H3;1,3-4,7-8,18H,2,5-6H2;1H4. The highest BCUT2D eigenvalue weighted by atomic mass is 35.5. The second kappa shape index (κ2) is 22.9. The smallest absolute Gasteiger partial charge is 0.261 e. The normalized spacial score (nSPS) is 11.6. The molecular weight excluding hydrogens is 928 g/mol. The van der Waals surface area contributed by atoms with E-state index < -0.39 is 0 Å². The molecular formula is C51H51ClN12O7. The molecule has 0 spiro atoms. The summed E-state index contributed by atoms with van der Waals surface area (Å²) in [6.07, 6.45) is 16.6. The zero-order valence-electron chi connectivity index (χ0n) is 38.6. The highest BCUT2D eigenvalue weighted by molar-refractivity contribution is 6.33. The summed E-state index contributed by atoms with van der Waals surface area (Å²) in [7, 11) is 3.26. The molecule has 0 bridgehead atoms. The van der Waals surface area contributed by atoms with Crippen LogP contribution in [0.1, 0.15) is 46.5 Å². The molecule has 0 saturated carbocycles. The van der Waals surface area contributed by atoms with E-state index in [1.54, 1.807) is 101 Å². The average molecular weight is 979 g/mol. The lowest BCUT2D eigenvalue weighted by molar-refractivity contribution is 0.100. The SMILES string of the molecule is C.COc1ccc(Cn2cnc3c(-c4cnn(CCO)c4)nccc3c2=O)c(C)c1.COc1ccc(Cn2cnc3c(Cl)nccc3c2=O)c(C)c1.O=C1CC=Nc2c1ccnc2-c1cnn(CCO)c1. The van der Waals surface area contributed by atoms with Crippen molar-refractivity contribution in [3.8, 4) is 34.0 Å². The molecule has 2 aromatic carbocycles. The van der Waals surface area contributed by atoms with Gasteiger partial charge in [-0.25, -0.2) is 15.0 Å². The Kier molecular flexibility index (Phi) is 16.3. The zero-order valence-corrected chi connectivity index (χ0v) is 39.4. The van der Waals surface area contributed by atoms with Gasteiger partial charge in [0.05, 0.1) is 107 Å². The molecule has 1 aliphatic heterocycles. The van der Waals surface area contributed by atoms with Crippen molar-refractivity contribution in [3.05, 3.63) is 164 Å². The van der Waals surface area contributed by atoms with E-state index >= 15 is 0 Å². The summed E-state index contributed by atoms with van der Waals surface area (Å²) in [6.45, 7) is 5.68. The Morgan fingerprint density at radius 2 is 1.15 bits per heavy atom. The van der Waals surface area contributed by atoms with E-state index in [0.29, 0.717) is 77.0 Å². The quantitative estimate of drug-likeness (QED) is 0.122. The van der Waals surface area contributed by atoms with Crippen molar-refractivity contribution < 1.29 is 24.5 Å². The third-order valence-corrected chi connectivity index (χ3v) is 11.7. The Bertz CT molecular complexity index is 3510. The summed E-state index contributed by atoms with van der Waals surface area (Å²) in [5, 5.41) is 27.5. The zero-order chi connectivity index (χ0) is 49.3. The fourth-order valence-corrected chi connectivity index (χ4v) is 7.88. The van der Waals surface area contributed by atoms with Crippen LogP contribution in [0.4, 0.5) is 5.69 Å². The van der Waals surface area contributed by atoms with Crippen molar-refractivity contribution in [1.29, 1.82) is 0 Å². The number of ether oxygens (including phenoxy) is 2. The molecule has 10 rings (SSSR count). The summed E-state index contributed by atoms with van der Waals surface area (Å²) < 4.78 is 16.9. The van der Waals surface area contributed by atoms with Gasteiger partial charge in [0.1, 0.15) is 22.5 Å². The number of aryl methyl sites for hydroxylation is 2. The summed E-state index contributed by atoms with van der Waals surface area (Å²) in [5.74, 6) is 1.63. The number of aromatic nitrogens is 11. The van der Waals surface area contributed by atoms with Crippen LogP contribution in [-0.2, 0) is 26.2 Å². The van der Waals surface area contributed by atoms with Gasteiger partial charge in [-0.1, -0.05) is 31.2 Å². The number of halogens is 1. The highest BCUT2D eigenvalue weighted by Crippen LogP contribution is 2.33. The number of hydrogen-bond donors (Lipinski definition) is 2. The number of benzene rings is 2. The number of rotatable bonds is 12. The molecule has 1 aliphatic rings. The summed E-state index contributed by atoms with van der Waals surface area (Å²) in [6, 6.07) is 16.6. The molecule has 0 fully saturated rings. The maximum atomic E-state index is 13.1. The maximum absolute atomic E-state index is 13.1. The molecule has 19 nitrogen and oxygen atoms in total. The number of aliphatic hydroxyl groups is 2. The first-order valence-corrected chi connectivity index (χ1v) is 22.3. The van der Waals surface area contributed by atoms with Crippen LogP contribution in [0.5, 0.6) is 11.5 Å². The number of carbonyl (C=O) groups is 1. The summed E-state index contributed by atoms with van der Waals surface area (Å²) in [5.41, 5.74) is 8.82. The van der Waals surface area contributed by atoms with Crippen molar-refractivity contribution in [2.24, 2.45) is 4.99 Å². The molecule has 0 amide bonds. The van der Waals surface area contributed by atoms with Gasteiger partial charge in [-0.05, 0) is 78.6 Å². The molecule has 20 heteroatoms. The number of aliphatic imine (C=N–C) groups is 1. The van der Waals surface area contributed by atoms with E-state index in [1.165, 1.54) is 12.5 Å². The van der Waals surface area contributed by atoms with Crippen LogP contribution in [0.3, 0.4) is 0 Å². The van der Waals surface area contributed by atoms with Crippen LogP contribution in [0, 0.1) is 13.8 Å². The van der Waals surface area contributed by atoms with E-state index in [2.05, 4.69) is 40.1 Å². The Hall–Kier alpha value is -8.26. The first-order chi connectivity index (χ1) is 34.0. The van der Waals surface area contributed by atoms with Gasteiger partial charge in [-0.3, -0.25) is 47.8 Å². The lowest BCUT2D eigenvalue weighted by Gasteiger charge is -2.11. The average Bonchev–Trinajstić information content (AvgIpc) is 4.05. The van der Waals surface area contributed by atoms with Gasteiger partial charge in [0.15, 0.2) is 10.9 Å². The van der Waals surface area contributed by atoms with Crippen LogP contribution in [0.15, 0.2) is 125 Å². The Morgan fingerprint density at radius 3 is 1.70 bits per heavy atom. The Morgan fingerprint density at radius 1 is 0.648 bits per heavy atom. The lowest BCUT2D eigenvalue weighted by Crippen LogP contribution is -2.21. The fraction of sp³-hybridized carbons (Fsp3) is 0.235. The van der Waals surface area contributed by atoms with Crippen LogP contribution < -0.4 is 20.6 Å². The van der Waals surface area contributed by atoms with Gasteiger partial charge >= 0.3 is 0 Å². The molecule has 364 valence electrons. The maximum Gasteiger partial charge on any atom is 0.261 e. The Balaban J connectivity index is 0.000000159. The number of methoxy groups -OCH3 is 2. The number of Topliss-reactive ketones (excluding diaryl/α,β-unsaturated/α-hetero) is 1. The van der Waals surface area contributed by atoms with Gasteiger partial charge in [0.25, 0.3) is 11.1 Å². The van der Waals surface area contributed by atoms with Gasteiger partial charge < -0.3 is 19.7 Å². The lowest BCUT2D eigenvalue weighted by atomic mass is 10.0. The Labute approximate surface area is 412 Å². The van der Waals surface area contributed by atoms with E-state index in [9.17, 15) is 14.4 Å². The number of hydrogen-bond acceptors (Lipinski definition) is 15. The molecule has 0 unspecified atom stereocenters. The molecule has 7 aromatic heterocycles. The predicted octanol–water partition coefficient (Wildman–Crippen LogP) is 6.69. The van der Waals surface area contributed by atoms with Gasteiger partial charge in [0.2, 0.25) is 0 Å². The predicted molar refractivity (Wildman–Crippen MR) is 271 cm³/mol. The van der Waals surface area contributed by atoms with Crippen LogP contribution in [-0.4, -0.2) is 103 Å². The molecule has 0 atom stereocenters. The van der Waals surface area contributed by atoms with Crippen molar-refractivity contribution in [2.45, 2.75) is 53.9 Å². The van der Waals surface area contributed by atoms with E-state index in [0.717, 1.165) is 44.9 Å². The van der Waals surface area contributed by atoms with Crippen molar-refractivity contribution in [3.63, 3.8) is 0 Å². The number of fused-ring (bicyclic) bond motifs is 3. The number of pyridine rings is 3. The number of ketones is 1. The summed E-state index contributed by atoms with van der Waals surface area (Å²) >= 11 is 5.96. The second-order valence-corrected chi connectivity index (χ2v) is 16.3. The molecule has 0 saturated heterocycles. The third-order valence-electron chi connectivity index (χ3n) is 11.4. The van der Waals surface area contributed by atoms with E-state index in [1.807, 2.05) is 50.2 Å². The molecule has 9 aromatic rings. The third kappa shape index (κ3) is 11.3. The topological polar surface area (TPSA) is 232 Å². The minimum Gasteiger partial charge on any atom is -0.497 e. The van der Waals surface area contributed by atoms with Crippen molar-refractivity contribution in [1.82, 2.24) is 53.6 Å². The number of nitrogens with zero attached hydrogens (tertiary/aromatic N) is 12. The minimum atomic E-state index is -0.135. The monoisotopic (exact) mass is 978 g/mol. The first-order valence-electron chi connectivity index (χ1n) is 21.9. The highest BCUT2D eigenvalue weighted by Gasteiger charge is 2.20. The molecule has 0 aliphatic carbocycles. The van der Waals surface area contributed by atoms with Crippen LogP contribution >= 0.6 is 11.6 Å². The minimum absolute atomic E-state index is 0. The molecule has 0 radical (unpaired) electrons. The molecule has 2 N–H and O–H groups in total. The van der Waals surface area contributed by atoms with Crippen molar-refractivity contribution >= 4 is 51.1 Å². The van der Waals surface area contributed by atoms with Crippen molar-refractivity contribution in [2.75, 3.05) is 27.4 Å². The van der Waals surface area contributed by atoms with Gasteiger partial charge in [0, 0.05) is 60.3 Å². The van der Waals surface area contributed by atoms with Gasteiger partial charge in [-0.2, -0.15) is 10.2 Å². The summed E-state index contributed by atoms with van der Waals surface area (Å²) in [4.78, 5) is 63.1. The van der Waals surface area contributed by atoms with E-state index in [4.69, 9.17) is 31.3 Å². The van der Waals surface area contributed by atoms with Crippen LogP contribution in [0.2, 0.25) is 5.15 Å².